The van der Waals surface area contributed by atoms with Crippen molar-refractivity contribution in [2.24, 2.45) is 0 Å². The van der Waals surface area contributed by atoms with E-state index in [-0.39, 0.29) is 0 Å². The molecule has 1 aliphatic rings. The third-order valence-electron chi connectivity index (χ3n) is 3.89. The molecule has 6 heteroatoms. The fourth-order valence-corrected chi connectivity index (χ4v) is 2.96. The first-order chi connectivity index (χ1) is 9.72. The fraction of sp³-hybridized carbons (Fsp3) is 0.571. The van der Waals surface area contributed by atoms with Gasteiger partial charge in [-0.3, -0.25) is 9.80 Å². The lowest BCUT2D eigenvalue weighted by atomic mass is 10.1. The Bertz CT molecular complexity index is 499. The summed E-state index contributed by atoms with van der Waals surface area (Å²) in [5, 5.41) is 7.99. The van der Waals surface area contributed by atoms with E-state index in [0.29, 0.717) is 12.1 Å². The van der Waals surface area contributed by atoms with Gasteiger partial charge in [0.05, 0.1) is 11.4 Å². The SMILES string of the molecule is C[C@@H]1CN(Cc2ccon2)C[C@H](C)N1Cc1ccon1. The molecule has 108 valence electrons. The number of hydrogen-bond donors (Lipinski definition) is 0. The minimum Gasteiger partial charge on any atom is -0.364 e. The molecule has 1 saturated heterocycles. The average molecular weight is 276 g/mol. The summed E-state index contributed by atoms with van der Waals surface area (Å²) in [4.78, 5) is 4.89. The Morgan fingerprint density at radius 1 is 1.00 bits per heavy atom. The summed E-state index contributed by atoms with van der Waals surface area (Å²) in [6, 6.07) is 4.81. The highest BCUT2D eigenvalue weighted by atomic mass is 16.5. The molecule has 0 aliphatic carbocycles. The summed E-state index contributed by atoms with van der Waals surface area (Å²) in [7, 11) is 0. The van der Waals surface area contributed by atoms with Gasteiger partial charge in [-0.1, -0.05) is 10.3 Å². The molecule has 0 bridgehead atoms. The van der Waals surface area contributed by atoms with Crippen molar-refractivity contribution in [2.45, 2.75) is 39.0 Å². The van der Waals surface area contributed by atoms with E-state index in [1.165, 1.54) is 0 Å². The number of hydrogen-bond acceptors (Lipinski definition) is 6. The standard InChI is InChI=1S/C14H20N4O2/c1-11-7-17(9-13-3-5-19-15-13)8-12(2)18(11)10-14-4-6-20-16-14/h3-6,11-12H,7-10H2,1-2H3/t11-,12+. The van der Waals surface area contributed by atoms with Gasteiger partial charge in [0.2, 0.25) is 0 Å². The average Bonchev–Trinajstić information content (AvgIpc) is 3.06. The van der Waals surface area contributed by atoms with Gasteiger partial charge in [-0.2, -0.15) is 0 Å². The van der Waals surface area contributed by atoms with Crippen molar-refractivity contribution >= 4 is 0 Å². The highest BCUT2D eigenvalue weighted by Gasteiger charge is 2.30. The van der Waals surface area contributed by atoms with E-state index in [9.17, 15) is 0 Å². The monoisotopic (exact) mass is 276 g/mol. The molecule has 1 fully saturated rings. The first-order valence-corrected chi connectivity index (χ1v) is 6.99. The highest BCUT2D eigenvalue weighted by Crippen LogP contribution is 2.19. The van der Waals surface area contributed by atoms with E-state index in [1.54, 1.807) is 12.5 Å². The van der Waals surface area contributed by atoms with Crippen LogP contribution >= 0.6 is 0 Å². The van der Waals surface area contributed by atoms with Crippen molar-refractivity contribution in [3.8, 4) is 0 Å². The first kappa shape index (κ1) is 13.3. The molecule has 6 nitrogen and oxygen atoms in total. The topological polar surface area (TPSA) is 58.5 Å². The van der Waals surface area contributed by atoms with Crippen molar-refractivity contribution < 1.29 is 9.05 Å². The number of piperazine rings is 1. The molecule has 3 rings (SSSR count). The summed E-state index contributed by atoms with van der Waals surface area (Å²) in [6.07, 6.45) is 3.26. The maximum absolute atomic E-state index is 4.91. The third kappa shape index (κ3) is 2.91. The van der Waals surface area contributed by atoms with Crippen molar-refractivity contribution in [1.82, 2.24) is 20.1 Å². The highest BCUT2D eigenvalue weighted by molar-refractivity contribution is 5.00. The van der Waals surface area contributed by atoms with Crippen molar-refractivity contribution in [1.29, 1.82) is 0 Å². The Morgan fingerprint density at radius 2 is 1.55 bits per heavy atom. The van der Waals surface area contributed by atoms with Crippen LogP contribution in [-0.4, -0.2) is 45.3 Å². The molecule has 20 heavy (non-hydrogen) atoms. The Kier molecular flexibility index (Phi) is 3.84. The molecule has 2 atom stereocenters. The quantitative estimate of drug-likeness (QED) is 0.848. The third-order valence-corrected chi connectivity index (χ3v) is 3.89. The predicted octanol–water partition coefficient (Wildman–Crippen LogP) is 1.76. The molecule has 0 aromatic carbocycles. The molecule has 0 saturated carbocycles. The zero-order valence-corrected chi connectivity index (χ0v) is 11.9. The zero-order valence-electron chi connectivity index (χ0n) is 11.9. The van der Waals surface area contributed by atoms with Crippen LogP contribution in [0, 0.1) is 0 Å². The largest absolute Gasteiger partial charge is 0.364 e. The van der Waals surface area contributed by atoms with E-state index in [4.69, 9.17) is 9.05 Å². The molecule has 0 spiro atoms. The van der Waals surface area contributed by atoms with Crippen LogP contribution in [0.4, 0.5) is 0 Å². The summed E-state index contributed by atoms with van der Waals surface area (Å²) >= 11 is 0. The van der Waals surface area contributed by atoms with Gasteiger partial charge in [0, 0.05) is 50.4 Å². The van der Waals surface area contributed by atoms with E-state index in [2.05, 4.69) is 34.0 Å². The Labute approximate surface area is 118 Å². The fourth-order valence-electron chi connectivity index (χ4n) is 2.96. The van der Waals surface area contributed by atoms with Gasteiger partial charge in [0.25, 0.3) is 0 Å². The number of nitrogens with zero attached hydrogens (tertiary/aromatic N) is 4. The maximum atomic E-state index is 4.91. The summed E-state index contributed by atoms with van der Waals surface area (Å²) in [5.74, 6) is 0. The number of rotatable bonds is 4. The van der Waals surface area contributed by atoms with Gasteiger partial charge in [-0.05, 0) is 13.8 Å². The molecule has 2 aromatic rings. The van der Waals surface area contributed by atoms with Crippen molar-refractivity contribution in [3.63, 3.8) is 0 Å². The van der Waals surface area contributed by atoms with E-state index in [0.717, 1.165) is 37.6 Å². The minimum absolute atomic E-state index is 0.474. The van der Waals surface area contributed by atoms with Gasteiger partial charge in [0.1, 0.15) is 12.5 Å². The second-order valence-electron chi connectivity index (χ2n) is 5.55. The molecule has 3 heterocycles. The van der Waals surface area contributed by atoms with E-state index >= 15 is 0 Å². The Balaban J connectivity index is 1.61. The van der Waals surface area contributed by atoms with Gasteiger partial charge in [-0.15, -0.1) is 0 Å². The summed E-state index contributed by atoms with van der Waals surface area (Å²) in [5.41, 5.74) is 1.99. The molecule has 0 unspecified atom stereocenters. The van der Waals surface area contributed by atoms with Crippen LogP contribution < -0.4 is 0 Å². The van der Waals surface area contributed by atoms with Crippen LogP contribution in [0.15, 0.2) is 33.7 Å². The van der Waals surface area contributed by atoms with Crippen LogP contribution in [0.2, 0.25) is 0 Å². The van der Waals surface area contributed by atoms with Crippen LogP contribution in [0.25, 0.3) is 0 Å². The number of aromatic nitrogens is 2. The van der Waals surface area contributed by atoms with Crippen molar-refractivity contribution in [3.05, 3.63) is 36.0 Å². The van der Waals surface area contributed by atoms with Gasteiger partial charge in [-0.25, -0.2) is 0 Å². The zero-order chi connectivity index (χ0) is 13.9. The summed E-state index contributed by atoms with van der Waals surface area (Å²) < 4.78 is 9.81. The van der Waals surface area contributed by atoms with Gasteiger partial charge < -0.3 is 9.05 Å². The summed E-state index contributed by atoms with van der Waals surface area (Å²) in [6.45, 7) is 8.25. The van der Waals surface area contributed by atoms with Crippen LogP contribution in [0.1, 0.15) is 25.2 Å². The lowest BCUT2D eigenvalue weighted by molar-refractivity contribution is 0.0266. The van der Waals surface area contributed by atoms with Crippen molar-refractivity contribution in [2.75, 3.05) is 13.1 Å². The smallest absolute Gasteiger partial charge is 0.124 e. The predicted molar refractivity (Wildman–Crippen MR) is 72.8 cm³/mol. The lowest BCUT2D eigenvalue weighted by Gasteiger charge is -2.44. The molecular weight excluding hydrogens is 256 g/mol. The Morgan fingerprint density at radius 3 is 2.05 bits per heavy atom. The van der Waals surface area contributed by atoms with Crippen LogP contribution in [-0.2, 0) is 13.1 Å². The minimum atomic E-state index is 0.474. The molecule has 1 aliphatic heterocycles. The lowest BCUT2D eigenvalue weighted by Crippen LogP contribution is -2.55. The van der Waals surface area contributed by atoms with E-state index in [1.807, 2.05) is 12.1 Å². The van der Waals surface area contributed by atoms with E-state index < -0.39 is 0 Å². The second kappa shape index (κ2) is 5.76. The molecular formula is C14H20N4O2. The van der Waals surface area contributed by atoms with Gasteiger partial charge >= 0.3 is 0 Å². The van der Waals surface area contributed by atoms with Crippen LogP contribution in [0.3, 0.4) is 0 Å². The first-order valence-electron chi connectivity index (χ1n) is 6.99. The molecule has 0 N–H and O–H groups in total. The second-order valence-corrected chi connectivity index (χ2v) is 5.55. The molecule has 2 aromatic heterocycles. The normalized spacial score (nSPS) is 25.1. The molecule has 0 radical (unpaired) electrons. The Hall–Kier alpha value is -1.66. The molecule has 0 amide bonds. The van der Waals surface area contributed by atoms with Gasteiger partial charge in [0.15, 0.2) is 0 Å². The van der Waals surface area contributed by atoms with Crippen LogP contribution in [0.5, 0.6) is 0 Å². The maximum Gasteiger partial charge on any atom is 0.124 e.